The molecular weight excluding hydrogens is 412 g/mol. The molecule has 6 nitrogen and oxygen atoms in total. The Morgan fingerprint density at radius 2 is 1.81 bits per heavy atom. The molecule has 1 aliphatic rings. The molecular formula is C24H25ClN4O2. The Hall–Kier alpha value is -3.12. The number of benzene rings is 1. The highest BCUT2D eigenvalue weighted by Gasteiger charge is 2.24. The van der Waals surface area contributed by atoms with Crippen molar-refractivity contribution in [3.8, 4) is 5.75 Å². The summed E-state index contributed by atoms with van der Waals surface area (Å²) >= 11 is 5.93. The van der Waals surface area contributed by atoms with E-state index in [-0.39, 0.29) is 5.91 Å². The molecule has 3 heterocycles. The van der Waals surface area contributed by atoms with E-state index in [9.17, 15) is 4.79 Å². The van der Waals surface area contributed by atoms with Crippen LogP contribution in [0.2, 0.25) is 5.02 Å². The zero-order valence-electron chi connectivity index (χ0n) is 17.7. The molecule has 0 bridgehead atoms. The lowest BCUT2D eigenvalue weighted by Gasteiger charge is -2.35. The van der Waals surface area contributed by atoms with Gasteiger partial charge in [0, 0.05) is 55.9 Å². The van der Waals surface area contributed by atoms with Crippen LogP contribution in [-0.4, -0.2) is 47.0 Å². The van der Waals surface area contributed by atoms with Crippen LogP contribution in [0.4, 0.5) is 5.82 Å². The molecule has 0 atom stereocenters. The van der Waals surface area contributed by atoms with Gasteiger partial charge in [-0.1, -0.05) is 17.7 Å². The van der Waals surface area contributed by atoms with E-state index in [1.807, 2.05) is 55.1 Å². The van der Waals surface area contributed by atoms with Crippen molar-refractivity contribution < 1.29 is 9.53 Å². The zero-order valence-corrected chi connectivity index (χ0v) is 18.5. The van der Waals surface area contributed by atoms with Crippen LogP contribution in [0.5, 0.6) is 5.75 Å². The minimum Gasteiger partial charge on any atom is -0.488 e. The third kappa shape index (κ3) is 4.97. The number of rotatable bonds is 5. The molecule has 1 fully saturated rings. The van der Waals surface area contributed by atoms with Gasteiger partial charge in [-0.3, -0.25) is 9.78 Å². The highest BCUT2D eigenvalue weighted by atomic mass is 35.5. The van der Waals surface area contributed by atoms with Crippen molar-refractivity contribution in [3.05, 3.63) is 82.3 Å². The Morgan fingerprint density at radius 1 is 1.06 bits per heavy atom. The van der Waals surface area contributed by atoms with Gasteiger partial charge in [-0.15, -0.1) is 0 Å². The van der Waals surface area contributed by atoms with E-state index in [0.29, 0.717) is 30.3 Å². The van der Waals surface area contributed by atoms with Crippen LogP contribution < -0.4 is 9.64 Å². The van der Waals surface area contributed by atoms with E-state index >= 15 is 0 Å². The van der Waals surface area contributed by atoms with Gasteiger partial charge in [0.1, 0.15) is 18.2 Å². The second-order valence-electron chi connectivity index (χ2n) is 7.70. The molecule has 7 heteroatoms. The third-order valence-corrected chi connectivity index (χ3v) is 5.64. The number of carbonyl (C=O) groups excluding carboxylic acids is 1. The molecule has 0 saturated carbocycles. The smallest absolute Gasteiger partial charge is 0.253 e. The minimum atomic E-state index is 0.0497. The van der Waals surface area contributed by atoms with Crippen molar-refractivity contribution in [2.45, 2.75) is 20.5 Å². The summed E-state index contributed by atoms with van der Waals surface area (Å²) < 4.78 is 6.02. The summed E-state index contributed by atoms with van der Waals surface area (Å²) in [7, 11) is 0. The Morgan fingerprint density at radius 3 is 2.42 bits per heavy atom. The molecule has 0 N–H and O–H groups in total. The number of hydrogen-bond donors (Lipinski definition) is 0. The Balaban J connectivity index is 1.40. The predicted octanol–water partition coefficient (Wildman–Crippen LogP) is 4.29. The van der Waals surface area contributed by atoms with Crippen LogP contribution in [0.25, 0.3) is 0 Å². The minimum absolute atomic E-state index is 0.0497. The van der Waals surface area contributed by atoms with Crippen LogP contribution in [0, 0.1) is 13.8 Å². The first kappa shape index (κ1) is 21.1. The second-order valence-corrected chi connectivity index (χ2v) is 8.14. The fourth-order valence-corrected chi connectivity index (χ4v) is 3.93. The summed E-state index contributed by atoms with van der Waals surface area (Å²) in [6, 6.07) is 11.5. The van der Waals surface area contributed by atoms with Gasteiger partial charge in [0.05, 0.1) is 5.02 Å². The Kier molecular flexibility index (Phi) is 6.37. The van der Waals surface area contributed by atoms with Crippen molar-refractivity contribution in [2.24, 2.45) is 0 Å². The van der Waals surface area contributed by atoms with Gasteiger partial charge in [0.15, 0.2) is 0 Å². The van der Waals surface area contributed by atoms with Gasteiger partial charge in [-0.2, -0.15) is 0 Å². The monoisotopic (exact) mass is 436 g/mol. The number of piperazine rings is 1. The molecule has 31 heavy (non-hydrogen) atoms. The number of halogens is 1. The van der Waals surface area contributed by atoms with Crippen LogP contribution in [0.15, 0.2) is 55.0 Å². The summed E-state index contributed by atoms with van der Waals surface area (Å²) in [5.41, 5.74) is 3.61. The maximum atomic E-state index is 13.1. The van der Waals surface area contributed by atoms with Gasteiger partial charge < -0.3 is 14.5 Å². The first-order valence-electron chi connectivity index (χ1n) is 10.3. The molecule has 0 spiro atoms. The maximum Gasteiger partial charge on any atom is 0.253 e. The van der Waals surface area contributed by atoms with Crippen LogP contribution in [-0.2, 0) is 6.61 Å². The quantitative estimate of drug-likeness (QED) is 0.597. The number of aryl methyl sites for hydroxylation is 2. The van der Waals surface area contributed by atoms with Gasteiger partial charge in [0.25, 0.3) is 5.91 Å². The number of amides is 1. The highest BCUT2D eigenvalue weighted by Crippen LogP contribution is 2.27. The number of aromatic nitrogens is 2. The van der Waals surface area contributed by atoms with E-state index in [4.69, 9.17) is 16.3 Å². The number of nitrogens with zero attached hydrogens (tertiary/aromatic N) is 4. The molecule has 1 amide bonds. The Bertz CT molecular complexity index is 1030. The SMILES string of the molecule is Cc1cc(C(=O)N2CCN(c3ccc(Cl)cn3)CC2)cc(C)c1OCc1cccnc1. The molecule has 1 aromatic carbocycles. The summed E-state index contributed by atoms with van der Waals surface area (Å²) in [6.07, 6.45) is 5.19. The summed E-state index contributed by atoms with van der Waals surface area (Å²) in [6.45, 7) is 7.19. The first-order chi connectivity index (χ1) is 15.0. The number of anilines is 1. The lowest BCUT2D eigenvalue weighted by atomic mass is 10.0. The van der Waals surface area contributed by atoms with E-state index in [0.717, 1.165) is 41.3 Å². The number of ether oxygens (including phenoxy) is 1. The standard InChI is InChI=1S/C24H25ClN4O2/c1-17-12-20(13-18(2)23(17)31-16-19-4-3-7-26-14-19)24(30)29-10-8-28(9-11-29)22-6-5-21(25)15-27-22/h3-7,12-15H,8-11,16H2,1-2H3. The van der Waals surface area contributed by atoms with Crippen LogP contribution >= 0.6 is 11.6 Å². The third-order valence-electron chi connectivity index (χ3n) is 5.42. The summed E-state index contributed by atoms with van der Waals surface area (Å²) in [5, 5.41) is 0.621. The molecule has 1 aliphatic heterocycles. The van der Waals surface area contributed by atoms with E-state index in [2.05, 4.69) is 14.9 Å². The summed E-state index contributed by atoms with van der Waals surface area (Å²) in [5.74, 6) is 1.76. The normalized spacial score (nSPS) is 13.9. The largest absolute Gasteiger partial charge is 0.488 e. The first-order valence-corrected chi connectivity index (χ1v) is 10.7. The van der Waals surface area contributed by atoms with Crippen molar-refractivity contribution in [1.29, 1.82) is 0 Å². The van der Waals surface area contributed by atoms with E-state index in [1.165, 1.54) is 0 Å². The molecule has 0 radical (unpaired) electrons. The number of carbonyl (C=O) groups is 1. The molecule has 0 unspecified atom stereocenters. The fraction of sp³-hybridized carbons (Fsp3) is 0.292. The molecule has 160 valence electrons. The average Bonchev–Trinajstić information content (AvgIpc) is 2.79. The second kappa shape index (κ2) is 9.35. The van der Waals surface area contributed by atoms with Gasteiger partial charge in [-0.25, -0.2) is 4.98 Å². The zero-order chi connectivity index (χ0) is 21.8. The number of hydrogen-bond acceptors (Lipinski definition) is 5. The lowest BCUT2D eigenvalue weighted by Crippen LogP contribution is -2.49. The highest BCUT2D eigenvalue weighted by molar-refractivity contribution is 6.30. The Labute approximate surface area is 187 Å². The van der Waals surface area contributed by atoms with Crippen molar-refractivity contribution in [2.75, 3.05) is 31.1 Å². The van der Waals surface area contributed by atoms with Gasteiger partial charge in [-0.05, 0) is 55.3 Å². The maximum absolute atomic E-state index is 13.1. The fourth-order valence-electron chi connectivity index (χ4n) is 3.82. The molecule has 2 aromatic heterocycles. The predicted molar refractivity (Wildman–Crippen MR) is 122 cm³/mol. The van der Waals surface area contributed by atoms with Crippen molar-refractivity contribution in [1.82, 2.24) is 14.9 Å². The number of pyridine rings is 2. The van der Waals surface area contributed by atoms with E-state index in [1.54, 1.807) is 18.6 Å². The average molecular weight is 437 g/mol. The van der Waals surface area contributed by atoms with Crippen molar-refractivity contribution >= 4 is 23.3 Å². The van der Waals surface area contributed by atoms with Crippen LogP contribution in [0.3, 0.4) is 0 Å². The van der Waals surface area contributed by atoms with Crippen LogP contribution in [0.1, 0.15) is 27.0 Å². The molecule has 3 aromatic rings. The summed E-state index contributed by atoms with van der Waals surface area (Å²) in [4.78, 5) is 25.7. The van der Waals surface area contributed by atoms with Gasteiger partial charge >= 0.3 is 0 Å². The van der Waals surface area contributed by atoms with Crippen molar-refractivity contribution in [3.63, 3.8) is 0 Å². The molecule has 4 rings (SSSR count). The van der Waals surface area contributed by atoms with E-state index < -0.39 is 0 Å². The topological polar surface area (TPSA) is 58.6 Å². The molecule has 0 aliphatic carbocycles. The molecule has 1 saturated heterocycles. The lowest BCUT2D eigenvalue weighted by molar-refractivity contribution is 0.0746. The van der Waals surface area contributed by atoms with Gasteiger partial charge in [0.2, 0.25) is 0 Å².